The van der Waals surface area contributed by atoms with Gasteiger partial charge in [0.1, 0.15) is 23.3 Å². The number of anilines is 2. The average Bonchev–Trinajstić information content (AvgIpc) is 3.41. The van der Waals surface area contributed by atoms with Gasteiger partial charge in [-0.25, -0.2) is 9.78 Å². The highest BCUT2D eigenvalue weighted by atomic mass is 16.6. The van der Waals surface area contributed by atoms with Crippen molar-refractivity contribution in [3.63, 3.8) is 0 Å². The summed E-state index contributed by atoms with van der Waals surface area (Å²) in [7, 11) is 3.15. The molecule has 13 nitrogen and oxygen atoms in total. The largest absolute Gasteiger partial charge is 0.497 e. The molecule has 0 radical (unpaired) electrons. The van der Waals surface area contributed by atoms with Crippen molar-refractivity contribution in [2.75, 3.05) is 37.2 Å². The number of aromatic nitrogens is 3. The van der Waals surface area contributed by atoms with Crippen molar-refractivity contribution in [2.45, 2.75) is 50.5 Å². The molecule has 46 heavy (non-hydrogen) atoms. The van der Waals surface area contributed by atoms with Crippen LogP contribution in [0.4, 0.5) is 16.4 Å². The van der Waals surface area contributed by atoms with Crippen LogP contribution in [-0.4, -0.2) is 72.1 Å². The van der Waals surface area contributed by atoms with Crippen molar-refractivity contribution in [3.05, 3.63) is 76.6 Å². The Hall–Kier alpha value is -5.17. The maximum atomic E-state index is 13.2. The van der Waals surface area contributed by atoms with Crippen LogP contribution >= 0.6 is 0 Å². The molecule has 238 valence electrons. The number of hydrogen-bond donors (Lipinski definition) is 1. The number of nitrogens with one attached hydrogen (secondary N) is 1. The summed E-state index contributed by atoms with van der Waals surface area (Å²) in [5.41, 5.74) is 1.35. The average molecular weight is 627 g/mol. The lowest BCUT2D eigenvalue weighted by Crippen LogP contribution is -2.47. The molecule has 4 aromatic rings. The Bertz CT molecular complexity index is 1850. The number of pyridine rings is 3. The second-order valence-corrected chi connectivity index (χ2v) is 11.5. The summed E-state index contributed by atoms with van der Waals surface area (Å²) in [6.07, 6.45) is 1.34. The number of nitrogens with zero attached hydrogens (tertiary/aromatic N) is 5. The first kappa shape index (κ1) is 29.5. The van der Waals surface area contributed by atoms with Gasteiger partial charge in [0.05, 0.1) is 26.8 Å². The minimum absolute atomic E-state index is 0.0884. The van der Waals surface area contributed by atoms with Crippen LogP contribution in [0.1, 0.15) is 24.8 Å². The third-order valence-electron chi connectivity index (χ3n) is 8.80. The van der Waals surface area contributed by atoms with Gasteiger partial charge in [0.2, 0.25) is 5.88 Å². The van der Waals surface area contributed by atoms with Crippen LogP contribution in [0.3, 0.4) is 0 Å². The summed E-state index contributed by atoms with van der Waals surface area (Å²) in [6.45, 7) is 1.19. The smallest absolute Gasteiger partial charge is 0.416 e. The van der Waals surface area contributed by atoms with E-state index in [-0.39, 0.29) is 36.3 Å². The number of hydrogen-bond acceptors (Lipinski definition) is 10. The van der Waals surface area contributed by atoms with Gasteiger partial charge in [0.25, 0.3) is 11.5 Å². The van der Waals surface area contributed by atoms with Crippen LogP contribution in [0.2, 0.25) is 0 Å². The third-order valence-corrected chi connectivity index (χ3v) is 8.80. The fourth-order valence-corrected chi connectivity index (χ4v) is 6.44. The molecule has 1 saturated heterocycles. The summed E-state index contributed by atoms with van der Waals surface area (Å²) >= 11 is 0. The fourth-order valence-electron chi connectivity index (χ4n) is 6.44. The Labute approximate surface area is 264 Å². The molecule has 3 atom stereocenters. The Morgan fingerprint density at radius 1 is 0.935 bits per heavy atom. The zero-order valence-corrected chi connectivity index (χ0v) is 25.5. The number of amides is 2. The lowest BCUT2D eigenvalue weighted by Gasteiger charge is -2.34. The van der Waals surface area contributed by atoms with Gasteiger partial charge in [-0.05, 0) is 54.8 Å². The van der Waals surface area contributed by atoms with Crippen molar-refractivity contribution in [1.82, 2.24) is 19.9 Å². The highest BCUT2D eigenvalue weighted by Crippen LogP contribution is 2.39. The lowest BCUT2D eigenvalue weighted by molar-refractivity contribution is -0.121. The van der Waals surface area contributed by atoms with E-state index in [1.807, 2.05) is 30.3 Å². The minimum atomic E-state index is -0.463. The molecule has 1 aliphatic carbocycles. The molecule has 2 aliphatic heterocycles. The van der Waals surface area contributed by atoms with Crippen molar-refractivity contribution in [2.24, 2.45) is 0 Å². The topological polar surface area (TPSA) is 137 Å². The predicted octanol–water partition coefficient (Wildman–Crippen LogP) is 3.27. The standard InChI is InChI=1S/C33H34N6O7/c1-43-23-8-3-20(4-9-23)18-38-30(41)19-45-25-11-12-27(35-32(25)38)39-24-10-7-22(17-26(24)46-33(39)42)34-15-16-37-29(40)14-6-21-5-13-28(44-2)36-31(21)37/h3-6,8-9,11-14,22,24,26,34H,7,10,15-19H2,1-2H3/t22-,24-,26+/m0/s1. The van der Waals surface area contributed by atoms with Crippen LogP contribution < -0.4 is 34.9 Å². The van der Waals surface area contributed by atoms with Gasteiger partial charge >= 0.3 is 6.09 Å². The zero-order valence-electron chi connectivity index (χ0n) is 25.5. The molecule has 2 fully saturated rings. The second-order valence-electron chi connectivity index (χ2n) is 11.5. The summed E-state index contributed by atoms with van der Waals surface area (Å²) in [6, 6.07) is 17.8. The zero-order chi connectivity index (χ0) is 31.8. The van der Waals surface area contributed by atoms with Crippen molar-refractivity contribution in [3.8, 4) is 17.4 Å². The van der Waals surface area contributed by atoms with Crippen LogP contribution in [0.25, 0.3) is 11.0 Å². The first-order valence-electron chi connectivity index (χ1n) is 15.3. The molecule has 2 amide bonds. The highest BCUT2D eigenvalue weighted by Gasteiger charge is 2.47. The number of rotatable bonds is 9. The van der Waals surface area contributed by atoms with Gasteiger partial charge in [-0.3, -0.25) is 24.0 Å². The quantitative estimate of drug-likeness (QED) is 0.295. The molecular weight excluding hydrogens is 592 g/mol. The maximum absolute atomic E-state index is 13.2. The molecule has 3 aliphatic rings. The van der Waals surface area contributed by atoms with E-state index in [9.17, 15) is 14.4 Å². The highest BCUT2D eigenvalue weighted by molar-refractivity contribution is 5.97. The summed E-state index contributed by atoms with van der Waals surface area (Å²) in [5, 5.41) is 4.40. The molecule has 0 bridgehead atoms. The van der Waals surface area contributed by atoms with Crippen molar-refractivity contribution < 1.29 is 28.5 Å². The molecule has 5 heterocycles. The Balaban J connectivity index is 1.03. The van der Waals surface area contributed by atoms with E-state index in [2.05, 4.69) is 10.3 Å². The Morgan fingerprint density at radius 2 is 1.76 bits per heavy atom. The van der Waals surface area contributed by atoms with Crippen molar-refractivity contribution in [1.29, 1.82) is 0 Å². The number of ether oxygens (including phenoxy) is 4. The molecule has 7 rings (SSSR count). The molecule has 1 aromatic carbocycles. The minimum Gasteiger partial charge on any atom is -0.497 e. The number of methoxy groups -OCH3 is 2. The predicted molar refractivity (Wildman–Crippen MR) is 169 cm³/mol. The van der Waals surface area contributed by atoms with Crippen LogP contribution in [0.15, 0.2) is 65.5 Å². The monoisotopic (exact) mass is 626 g/mol. The third kappa shape index (κ3) is 5.58. The lowest BCUT2D eigenvalue weighted by atomic mass is 9.88. The van der Waals surface area contributed by atoms with E-state index in [1.165, 1.54) is 0 Å². The van der Waals surface area contributed by atoms with Crippen molar-refractivity contribution >= 4 is 34.7 Å². The van der Waals surface area contributed by atoms with E-state index in [0.29, 0.717) is 61.4 Å². The SMILES string of the molecule is COc1ccc(CN2C(=O)COc3ccc(N4C(=O)O[C@@H]5C[C@@H](NCCn6c(=O)ccc7ccc(OC)nc76)CC[C@@H]54)nc32)cc1. The van der Waals surface area contributed by atoms with E-state index in [4.69, 9.17) is 23.9 Å². The van der Waals surface area contributed by atoms with E-state index >= 15 is 0 Å². The maximum Gasteiger partial charge on any atom is 0.416 e. The van der Waals surface area contributed by atoms with E-state index < -0.39 is 6.09 Å². The van der Waals surface area contributed by atoms with E-state index in [1.54, 1.807) is 58.9 Å². The normalized spacial score (nSPS) is 20.6. The Morgan fingerprint density at radius 3 is 2.57 bits per heavy atom. The second kappa shape index (κ2) is 12.3. The number of benzene rings is 1. The van der Waals surface area contributed by atoms with E-state index in [0.717, 1.165) is 23.1 Å². The van der Waals surface area contributed by atoms with Crippen LogP contribution in [-0.2, 0) is 22.6 Å². The van der Waals surface area contributed by atoms with Crippen LogP contribution in [0.5, 0.6) is 17.4 Å². The molecule has 1 N–H and O–H groups in total. The van der Waals surface area contributed by atoms with Gasteiger partial charge in [-0.15, -0.1) is 0 Å². The summed E-state index contributed by atoms with van der Waals surface area (Å²) in [5.74, 6) is 2.22. The first-order chi connectivity index (χ1) is 22.4. The number of fused-ring (bicyclic) bond motifs is 3. The Kier molecular flexibility index (Phi) is 7.91. The van der Waals surface area contributed by atoms with Crippen LogP contribution in [0, 0.1) is 0 Å². The molecule has 3 aromatic heterocycles. The summed E-state index contributed by atoms with van der Waals surface area (Å²) < 4.78 is 23.7. The molecule has 1 saturated carbocycles. The fraction of sp³-hybridized carbons (Fsp3) is 0.364. The molecule has 0 unspecified atom stereocenters. The van der Waals surface area contributed by atoms with Gasteiger partial charge in [-0.1, -0.05) is 12.1 Å². The van der Waals surface area contributed by atoms with Gasteiger partial charge < -0.3 is 24.3 Å². The summed E-state index contributed by atoms with van der Waals surface area (Å²) in [4.78, 5) is 51.2. The van der Waals surface area contributed by atoms with Gasteiger partial charge in [0.15, 0.2) is 18.2 Å². The number of carbonyl (C=O) groups is 2. The first-order valence-corrected chi connectivity index (χ1v) is 15.3. The molecular formula is C33H34N6O7. The molecule has 13 heteroatoms. The van der Waals surface area contributed by atoms with Gasteiger partial charge in [-0.2, -0.15) is 4.98 Å². The molecule has 0 spiro atoms. The van der Waals surface area contributed by atoms with Gasteiger partial charge in [0, 0.05) is 43.1 Å². The number of carbonyl (C=O) groups excluding carboxylic acids is 2.